The van der Waals surface area contributed by atoms with Crippen molar-refractivity contribution in [3.63, 3.8) is 0 Å². The third-order valence-electron chi connectivity index (χ3n) is 2.87. The molecular formula is C15H13ClN2O. The second-order valence-corrected chi connectivity index (χ2v) is 4.54. The first-order valence-electron chi connectivity index (χ1n) is 5.90. The zero-order valence-corrected chi connectivity index (χ0v) is 11.3. The fraction of sp³-hybridized carbons (Fsp3) is 0.200. The Balaban J connectivity index is 2.02. The lowest BCUT2D eigenvalue weighted by atomic mass is 10.1. The molecule has 3 nitrogen and oxygen atoms in total. The second kappa shape index (κ2) is 6.21. The molecule has 0 bridgehead atoms. The standard InChI is InChI=1S/C15H13ClN2O/c1-19-13-6-4-11(5-7-13)2-3-12-8-14(16)15(9-17)18-10-12/h4-8,10H,2-3H2,1H3. The van der Waals surface area contributed by atoms with Gasteiger partial charge in [-0.05, 0) is 42.2 Å². The van der Waals surface area contributed by atoms with Crippen molar-refractivity contribution >= 4 is 11.6 Å². The number of pyridine rings is 1. The van der Waals surface area contributed by atoms with E-state index >= 15 is 0 Å². The Hall–Kier alpha value is -2.05. The lowest BCUT2D eigenvalue weighted by Gasteiger charge is -2.04. The molecule has 0 spiro atoms. The van der Waals surface area contributed by atoms with Crippen molar-refractivity contribution in [3.05, 3.63) is 58.4 Å². The molecule has 0 radical (unpaired) electrons. The summed E-state index contributed by atoms with van der Waals surface area (Å²) in [6.07, 6.45) is 3.44. The van der Waals surface area contributed by atoms with Crippen LogP contribution in [-0.2, 0) is 12.8 Å². The molecule has 1 aromatic carbocycles. The minimum Gasteiger partial charge on any atom is -0.497 e. The molecule has 0 atom stereocenters. The van der Waals surface area contributed by atoms with Crippen LogP contribution < -0.4 is 4.74 Å². The molecule has 1 heterocycles. The number of benzene rings is 1. The summed E-state index contributed by atoms with van der Waals surface area (Å²) in [6.45, 7) is 0. The Kier molecular flexibility index (Phi) is 4.38. The molecule has 0 saturated carbocycles. The molecule has 0 unspecified atom stereocenters. The number of ether oxygens (including phenoxy) is 1. The molecule has 96 valence electrons. The van der Waals surface area contributed by atoms with E-state index in [9.17, 15) is 0 Å². The average Bonchev–Trinajstić information content (AvgIpc) is 2.46. The largest absolute Gasteiger partial charge is 0.497 e. The van der Waals surface area contributed by atoms with Crippen LogP contribution in [0.3, 0.4) is 0 Å². The number of nitriles is 1. The molecule has 0 aliphatic rings. The van der Waals surface area contributed by atoms with Gasteiger partial charge >= 0.3 is 0 Å². The van der Waals surface area contributed by atoms with E-state index in [1.165, 1.54) is 5.56 Å². The molecule has 1 aromatic heterocycles. The van der Waals surface area contributed by atoms with Crippen molar-refractivity contribution in [3.8, 4) is 11.8 Å². The molecular weight excluding hydrogens is 260 g/mol. The number of halogens is 1. The Morgan fingerprint density at radius 1 is 1.21 bits per heavy atom. The van der Waals surface area contributed by atoms with Gasteiger partial charge in [0.2, 0.25) is 0 Å². The van der Waals surface area contributed by atoms with Crippen LogP contribution in [0, 0.1) is 11.3 Å². The summed E-state index contributed by atoms with van der Waals surface area (Å²) in [4.78, 5) is 4.02. The zero-order valence-electron chi connectivity index (χ0n) is 10.6. The number of methoxy groups -OCH3 is 1. The van der Waals surface area contributed by atoms with Crippen LogP contribution in [0.2, 0.25) is 5.02 Å². The molecule has 0 saturated heterocycles. The molecule has 2 aromatic rings. The summed E-state index contributed by atoms with van der Waals surface area (Å²) in [6, 6.07) is 11.7. The van der Waals surface area contributed by atoms with Crippen LogP contribution in [0.5, 0.6) is 5.75 Å². The van der Waals surface area contributed by atoms with Crippen molar-refractivity contribution < 1.29 is 4.74 Å². The molecule has 0 N–H and O–H groups in total. The van der Waals surface area contributed by atoms with Gasteiger partial charge in [0.25, 0.3) is 0 Å². The molecule has 0 aliphatic carbocycles. The van der Waals surface area contributed by atoms with Crippen LogP contribution in [0.1, 0.15) is 16.8 Å². The van der Waals surface area contributed by atoms with E-state index in [1.807, 2.05) is 30.3 Å². The normalized spacial score (nSPS) is 9.95. The third kappa shape index (κ3) is 3.46. The summed E-state index contributed by atoms with van der Waals surface area (Å²) in [5.41, 5.74) is 2.52. The maximum absolute atomic E-state index is 8.76. The van der Waals surface area contributed by atoms with Crippen molar-refractivity contribution in [1.29, 1.82) is 5.26 Å². The highest BCUT2D eigenvalue weighted by molar-refractivity contribution is 6.31. The molecule has 2 rings (SSSR count). The van der Waals surface area contributed by atoms with Gasteiger partial charge in [-0.15, -0.1) is 0 Å². The first-order chi connectivity index (χ1) is 9.22. The Bertz CT molecular complexity index is 603. The van der Waals surface area contributed by atoms with Gasteiger partial charge in [0.05, 0.1) is 12.1 Å². The van der Waals surface area contributed by atoms with E-state index in [2.05, 4.69) is 4.98 Å². The highest BCUT2D eigenvalue weighted by Gasteiger charge is 2.03. The van der Waals surface area contributed by atoms with Crippen molar-refractivity contribution in [2.45, 2.75) is 12.8 Å². The topological polar surface area (TPSA) is 45.9 Å². The molecule has 4 heteroatoms. The second-order valence-electron chi connectivity index (χ2n) is 4.13. The number of hydrogen-bond donors (Lipinski definition) is 0. The van der Waals surface area contributed by atoms with Crippen LogP contribution in [-0.4, -0.2) is 12.1 Å². The quantitative estimate of drug-likeness (QED) is 0.857. The summed E-state index contributed by atoms with van der Waals surface area (Å²) in [5.74, 6) is 0.854. The molecule has 19 heavy (non-hydrogen) atoms. The highest BCUT2D eigenvalue weighted by Crippen LogP contribution is 2.17. The van der Waals surface area contributed by atoms with E-state index < -0.39 is 0 Å². The van der Waals surface area contributed by atoms with Gasteiger partial charge in [-0.2, -0.15) is 5.26 Å². The number of aryl methyl sites for hydroxylation is 2. The Morgan fingerprint density at radius 2 is 1.89 bits per heavy atom. The summed E-state index contributed by atoms with van der Waals surface area (Å²) in [7, 11) is 1.65. The minimum absolute atomic E-state index is 0.273. The maximum atomic E-state index is 8.76. The molecule has 0 aliphatic heterocycles. The van der Waals surface area contributed by atoms with Crippen molar-refractivity contribution in [2.75, 3.05) is 7.11 Å². The number of nitrogens with zero attached hydrogens (tertiary/aromatic N) is 2. The average molecular weight is 273 g/mol. The number of rotatable bonds is 4. The molecule has 0 amide bonds. The smallest absolute Gasteiger partial charge is 0.159 e. The SMILES string of the molecule is COc1ccc(CCc2cnc(C#N)c(Cl)c2)cc1. The van der Waals surface area contributed by atoms with E-state index in [-0.39, 0.29) is 5.69 Å². The van der Waals surface area contributed by atoms with Gasteiger partial charge in [-0.25, -0.2) is 4.98 Å². The maximum Gasteiger partial charge on any atom is 0.159 e. The van der Waals surface area contributed by atoms with Gasteiger partial charge in [-0.1, -0.05) is 23.7 Å². The van der Waals surface area contributed by atoms with E-state index in [0.29, 0.717) is 5.02 Å². The monoisotopic (exact) mass is 272 g/mol. The van der Waals surface area contributed by atoms with Gasteiger partial charge in [-0.3, -0.25) is 0 Å². The molecule has 0 fully saturated rings. The lowest BCUT2D eigenvalue weighted by molar-refractivity contribution is 0.414. The number of aromatic nitrogens is 1. The minimum atomic E-state index is 0.273. The predicted octanol–water partition coefficient (Wildman–Crippen LogP) is 3.40. The fourth-order valence-corrected chi connectivity index (χ4v) is 2.01. The summed E-state index contributed by atoms with van der Waals surface area (Å²) in [5, 5.41) is 9.17. The van der Waals surface area contributed by atoms with E-state index in [1.54, 1.807) is 19.4 Å². The van der Waals surface area contributed by atoms with E-state index in [4.69, 9.17) is 21.6 Å². The predicted molar refractivity (Wildman–Crippen MR) is 74.4 cm³/mol. The lowest BCUT2D eigenvalue weighted by Crippen LogP contribution is -1.94. The van der Waals surface area contributed by atoms with Crippen LogP contribution >= 0.6 is 11.6 Å². The summed E-state index contributed by atoms with van der Waals surface area (Å²) >= 11 is 5.95. The zero-order chi connectivity index (χ0) is 13.7. The number of hydrogen-bond acceptors (Lipinski definition) is 3. The van der Waals surface area contributed by atoms with Crippen LogP contribution in [0.4, 0.5) is 0 Å². The van der Waals surface area contributed by atoms with Crippen LogP contribution in [0.15, 0.2) is 36.5 Å². The van der Waals surface area contributed by atoms with E-state index in [0.717, 1.165) is 24.2 Å². The Labute approximate surface area is 117 Å². The first-order valence-corrected chi connectivity index (χ1v) is 6.28. The van der Waals surface area contributed by atoms with Gasteiger partial charge in [0.1, 0.15) is 11.8 Å². The Morgan fingerprint density at radius 3 is 2.47 bits per heavy atom. The van der Waals surface area contributed by atoms with Crippen LogP contribution in [0.25, 0.3) is 0 Å². The highest BCUT2D eigenvalue weighted by atomic mass is 35.5. The summed E-state index contributed by atoms with van der Waals surface area (Å²) < 4.78 is 5.12. The first kappa shape index (κ1) is 13.4. The van der Waals surface area contributed by atoms with Gasteiger partial charge < -0.3 is 4.74 Å². The fourth-order valence-electron chi connectivity index (χ4n) is 1.78. The van der Waals surface area contributed by atoms with Crippen molar-refractivity contribution in [2.24, 2.45) is 0 Å². The van der Waals surface area contributed by atoms with Gasteiger partial charge in [0.15, 0.2) is 5.69 Å². The van der Waals surface area contributed by atoms with Gasteiger partial charge in [0, 0.05) is 6.20 Å². The van der Waals surface area contributed by atoms with Crippen molar-refractivity contribution in [1.82, 2.24) is 4.98 Å². The third-order valence-corrected chi connectivity index (χ3v) is 3.15.